The first-order valence-corrected chi connectivity index (χ1v) is 4.24. The van der Waals surface area contributed by atoms with Crippen molar-refractivity contribution in [3.8, 4) is 5.75 Å². The predicted molar refractivity (Wildman–Crippen MR) is 54.4 cm³/mol. The average molecular weight is 194 g/mol. The fourth-order valence-corrected chi connectivity index (χ4v) is 1.15. The van der Waals surface area contributed by atoms with Gasteiger partial charge in [0, 0.05) is 6.07 Å². The first-order valence-electron chi connectivity index (χ1n) is 4.24. The summed E-state index contributed by atoms with van der Waals surface area (Å²) in [5, 5.41) is 4.08. The number of nitrogens with zero attached hydrogens (tertiary/aromatic N) is 3. The number of aromatic nitrogens is 3. The van der Waals surface area contributed by atoms with Gasteiger partial charge in [-0.05, 0) is 14.0 Å². The lowest BCUT2D eigenvalue weighted by molar-refractivity contribution is 0.415. The second kappa shape index (κ2) is 4.57. The van der Waals surface area contributed by atoms with Gasteiger partial charge in [0.25, 0.3) is 0 Å². The van der Waals surface area contributed by atoms with Crippen LogP contribution in [0.25, 0.3) is 5.65 Å². The summed E-state index contributed by atoms with van der Waals surface area (Å²) in [4.78, 5) is 4.26. The molecule has 0 saturated carbocycles. The zero-order valence-electron chi connectivity index (χ0n) is 8.56. The summed E-state index contributed by atoms with van der Waals surface area (Å²) in [5.74, 6) is 0.748. The Labute approximate surface area is 82.5 Å². The number of imidazole rings is 1. The van der Waals surface area contributed by atoms with E-state index in [9.17, 15) is 0 Å². The third-order valence-electron chi connectivity index (χ3n) is 1.67. The minimum atomic E-state index is 0.748. The molecule has 0 aliphatic carbocycles. The van der Waals surface area contributed by atoms with Crippen molar-refractivity contribution < 1.29 is 4.74 Å². The monoisotopic (exact) mass is 194 g/mol. The van der Waals surface area contributed by atoms with E-state index in [0.717, 1.165) is 17.1 Å². The molecule has 0 saturated heterocycles. The van der Waals surface area contributed by atoms with Crippen LogP contribution in [0.5, 0.6) is 5.75 Å². The zero-order valence-corrected chi connectivity index (χ0v) is 8.56. The quantitative estimate of drug-likeness (QED) is 0.722. The van der Waals surface area contributed by atoms with Gasteiger partial charge in [-0.25, -0.2) is 9.50 Å². The van der Waals surface area contributed by atoms with Crippen LogP contribution in [-0.2, 0) is 0 Å². The Morgan fingerprint density at radius 2 is 2.14 bits per heavy atom. The molecule has 0 aliphatic heterocycles. The summed E-state index contributed by atoms with van der Waals surface area (Å²) in [6.07, 6.45) is 3.55. The van der Waals surface area contributed by atoms with Crippen LogP contribution in [0.2, 0.25) is 0 Å². The highest BCUT2D eigenvalue weighted by atomic mass is 16.5. The van der Waals surface area contributed by atoms with Crippen LogP contribution in [0.4, 0.5) is 0 Å². The van der Waals surface area contributed by atoms with Crippen LogP contribution >= 0.6 is 0 Å². The Balaban J connectivity index is 0.000000461. The van der Waals surface area contributed by atoms with Gasteiger partial charge in [0.2, 0.25) is 0 Å². The molecule has 5 nitrogen and oxygen atoms in total. The zero-order chi connectivity index (χ0) is 10.6. The van der Waals surface area contributed by atoms with E-state index in [2.05, 4.69) is 15.8 Å². The molecule has 0 fully saturated rings. The molecule has 0 aliphatic rings. The minimum Gasteiger partial charge on any atom is -0.493 e. The molecule has 2 N–H and O–H groups in total. The van der Waals surface area contributed by atoms with Gasteiger partial charge in [0.1, 0.15) is 0 Å². The highest BCUT2D eigenvalue weighted by molar-refractivity contribution is 5.52. The van der Waals surface area contributed by atoms with Crippen LogP contribution in [-0.4, -0.2) is 28.8 Å². The average Bonchev–Trinajstić information content (AvgIpc) is 2.60. The number of hydrogen-bond donors (Lipinski definition) is 1. The van der Waals surface area contributed by atoms with E-state index in [1.54, 1.807) is 23.9 Å². The summed E-state index contributed by atoms with van der Waals surface area (Å²) in [6.45, 7) is 1.92. The number of nitrogens with two attached hydrogens (primary N) is 1. The van der Waals surface area contributed by atoms with Gasteiger partial charge >= 0.3 is 0 Å². The number of ether oxygens (including phenoxy) is 1. The third kappa shape index (κ3) is 1.82. The van der Waals surface area contributed by atoms with E-state index in [1.807, 2.05) is 13.1 Å². The van der Waals surface area contributed by atoms with E-state index < -0.39 is 0 Å². The van der Waals surface area contributed by atoms with Gasteiger partial charge in [-0.3, -0.25) is 0 Å². The standard InChI is InChI=1S/C8H9N3O.CH5N/c1-6-5-11-8(10-6)7(12-2)3-4-9-11;1-2/h3-5H,1-2H3;2H2,1H3. The van der Waals surface area contributed by atoms with Crippen molar-refractivity contribution in [3.63, 3.8) is 0 Å². The molecule has 2 rings (SSSR count). The van der Waals surface area contributed by atoms with Gasteiger partial charge in [-0.2, -0.15) is 5.10 Å². The molecule has 0 atom stereocenters. The molecule has 14 heavy (non-hydrogen) atoms. The molecule has 0 amide bonds. The Bertz CT molecular complexity index is 410. The molecule has 0 spiro atoms. The second-order valence-electron chi connectivity index (χ2n) is 2.55. The van der Waals surface area contributed by atoms with Crippen LogP contribution < -0.4 is 10.5 Å². The lowest BCUT2D eigenvalue weighted by Gasteiger charge is -1.98. The molecule has 0 bridgehead atoms. The van der Waals surface area contributed by atoms with Crippen molar-refractivity contribution in [2.24, 2.45) is 5.73 Å². The molecule has 5 heteroatoms. The van der Waals surface area contributed by atoms with Crippen molar-refractivity contribution in [1.82, 2.24) is 14.6 Å². The fourth-order valence-electron chi connectivity index (χ4n) is 1.15. The summed E-state index contributed by atoms with van der Waals surface area (Å²) < 4.78 is 6.82. The lowest BCUT2D eigenvalue weighted by Crippen LogP contribution is -1.92. The van der Waals surface area contributed by atoms with Crippen molar-refractivity contribution in [1.29, 1.82) is 0 Å². The Morgan fingerprint density at radius 3 is 2.79 bits per heavy atom. The number of aryl methyl sites for hydroxylation is 1. The van der Waals surface area contributed by atoms with E-state index in [1.165, 1.54) is 7.05 Å². The predicted octanol–water partition coefficient (Wildman–Crippen LogP) is 0.621. The maximum Gasteiger partial charge on any atom is 0.196 e. The normalized spacial score (nSPS) is 9.43. The molecule has 0 unspecified atom stereocenters. The van der Waals surface area contributed by atoms with Gasteiger partial charge in [0.15, 0.2) is 11.4 Å². The fraction of sp³-hybridized carbons (Fsp3) is 0.333. The van der Waals surface area contributed by atoms with Gasteiger partial charge < -0.3 is 10.5 Å². The number of fused-ring (bicyclic) bond motifs is 1. The van der Waals surface area contributed by atoms with Gasteiger partial charge in [-0.1, -0.05) is 0 Å². The highest BCUT2D eigenvalue weighted by Crippen LogP contribution is 2.15. The third-order valence-corrected chi connectivity index (χ3v) is 1.67. The highest BCUT2D eigenvalue weighted by Gasteiger charge is 2.03. The Kier molecular flexibility index (Phi) is 3.41. The van der Waals surface area contributed by atoms with Crippen LogP contribution in [0, 0.1) is 6.92 Å². The van der Waals surface area contributed by atoms with Crippen molar-refractivity contribution in [3.05, 3.63) is 24.2 Å². The summed E-state index contributed by atoms with van der Waals surface area (Å²) in [7, 11) is 3.12. The Morgan fingerprint density at radius 1 is 1.43 bits per heavy atom. The topological polar surface area (TPSA) is 65.4 Å². The number of rotatable bonds is 1. The van der Waals surface area contributed by atoms with E-state index in [4.69, 9.17) is 4.74 Å². The molecule has 0 radical (unpaired) electrons. The lowest BCUT2D eigenvalue weighted by atomic mass is 10.5. The maximum atomic E-state index is 5.12. The largest absolute Gasteiger partial charge is 0.493 e. The number of hydrogen-bond acceptors (Lipinski definition) is 4. The molecule has 2 aromatic heterocycles. The minimum absolute atomic E-state index is 0.748. The molecule has 2 aromatic rings. The molecular formula is C9H14N4O. The summed E-state index contributed by atoms with van der Waals surface area (Å²) in [6, 6.07) is 1.79. The molecular weight excluding hydrogens is 180 g/mol. The SMILES string of the molecule is CN.COc1ccnn2cc(C)nc12. The summed E-state index contributed by atoms with van der Waals surface area (Å²) >= 11 is 0. The molecule has 2 heterocycles. The second-order valence-corrected chi connectivity index (χ2v) is 2.55. The molecule has 0 aromatic carbocycles. The van der Waals surface area contributed by atoms with E-state index >= 15 is 0 Å². The van der Waals surface area contributed by atoms with Crippen LogP contribution in [0.15, 0.2) is 18.5 Å². The van der Waals surface area contributed by atoms with Crippen LogP contribution in [0.1, 0.15) is 5.69 Å². The first-order chi connectivity index (χ1) is 6.81. The smallest absolute Gasteiger partial charge is 0.196 e. The van der Waals surface area contributed by atoms with Crippen molar-refractivity contribution >= 4 is 5.65 Å². The Hall–Kier alpha value is -1.62. The van der Waals surface area contributed by atoms with E-state index in [0.29, 0.717) is 0 Å². The first kappa shape index (κ1) is 10.5. The van der Waals surface area contributed by atoms with Crippen molar-refractivity contribution in [2.75, 3.05) is 14.2 Å². The molecule has 76 valence electrons. The summed E-state index contributed by atoms with van der Waals surface area (Å²) in [5.41, 5.74) is 6.20. The van der Waals surface area contributed by atoms with E-state index in [-0.39, 0.29) is 0 Å². The maximum absolute atomic E-state index is 5.12. The van der Waals surface area contributed by atoms with Gasteiger partial charge in [-0.15, -0.1) is 0 Å². The number of methoxy groups -OCH3 is 1. The van der Waals surface area contributed by atoms with Crippen molar-refractivity contribution in [2.45, 2.75) is 6.92 Å². The van der Waals surface area contributed by atoms with Gasteiger partial charge in [0.05, 0.1) is 25.2 Å². The van der Waals surface area contributed by atoms with Crippen LogP contribution in [0.3, 0.4) is 0 Å².